The lowest BCUT2D eigenvalue weighted by Crippen LogP contribution is -2.55. The van der Waals surface area contributed by atoms with Crippen molar-refractivity contribution in [2.45, 2.75) is 57.7 Å². The highest BCUT2D eigenvalue weighted by molar-refractivity contribution is 6.00. The second kappa shape index (κ2) is 13.3. The summed E-state index contributed by atoms with van der Waals surface area (Å²) in [7, 11) is 0. The van der Waals surface area contributed by atoms with Crippen LogP contribution in [0, 0.1) is 5.92 Å². The number of hydrogen-bond donors (Lipinski definition) is 5. The third-order valence-corrected chi connectivity index (χ3v) is 7.41. The number of carbonyl (C=O) groups excluding carboxylic acids is 4. The fourth-order valence-corrected chi connectivity index (χ4v) is 4.99. The average Bonchev–Trinajstić information content (AvgIpc) is 3.68. The molecule has 0 fully saturated rings. The van der Waals surface area contributed by atoms with E-state index >= 15 is 0 Å². The molecule has 1 aliphatic rings. The fourth-order valence-electron chi connectivity index (χ4n) is 4.99. The van der Waals surface area contributed by atoms with Crippen molar-refractivity contribution in [1.82, 2.24) is 36.2 Å². The van der Waals surface area contributed by atoms with E-state index in [1.54, 1.807) is 24.5 Å². The highest BCUT2D eigenvalue weighted by Gasteiger charge is 2.31. The molecule has 5 rings (SSSR count). The van der Waals surface area contributed by atoms with Gasteiger partial charge in [0.25, 0.3) is 11.8 Å². The number of aromatic nitrogens is 3. The van der Waals surface area contributed by atoms with Gasteiger partial charge in [0.2, 0.25) is 17.7 Å². The predicted octanol–water partition coefficient (Wildman–Crippen LogP) is 2.80. The Morgan fingerprint density at radius 2 is 1.86 bits per heavy atom. The molecular formula is C31H35N7O5. The predicted molar refractivity (Wildman–Crippen MR) is 158 cm³/mol. The van der Waals surface area contributed by atoms with Crippen molar-refractivity contribution >= 4 is 34.7 Å². The Morgan fingerprint density at radius 1 is 1.05 bits per heavy atom. The minimum absolute atomic E-state index is 0.121. The van der Waals surface area contributed by atoms with Gasteiger partial charge in [-0.2, -0.15) is 0 Å². The number of H-pyrrole nitrogens is 1. The standard InChI is InChI=1S/C31H35N7O5/c1-18(2)26-31-37-25(16-43-31)28(40)32-13-7-6-10-22(35-27(39)20-11-12-21-23(15-20)34-17-33-21)29(41)36-24(30(42)38-26)14-19-8-4-3-5-9-19/h3-5,8-9,11-12,15-18,22,24,26H,6-7,10,13-14H2,1-2H3,(H,32,40)(H,33,34)(H,35,39)(H,36,41)(H,38,42)/t22-,24-,26-/m0/s1. The first kappa shape index (κ1) is 29.5. The molecule has 1 aliphatic heterocycles. The van der Waals surface area contributed by atoms with E-state index in [1.807, 2.05) is 44.2 Å². The summed E-state index contributed by atoms with van der Waals surface area (Å²) in [5.74, 6) is -1.68. The topological polar surface area (TPSA) is 171 Å². The molecule has 4 amide bonds. The SMILES string of the molecule is CC(C)[C@@H]1NC(=O)[C@H](Cc2ccccc2)NC(=O)[C@@H](NC(=O)c2ccc3nc[nH]c3c2)CCCCNC(=O)c2coc1n2. The first-order chi connectivity index (χ1) is 20.8. The number of carbonyl (C=O) groups is 4. The zero-order chi connectivity index (χ0) is 30.3. The Kier molecular flexibility index (Phi) is 9.14. The fraction of sp³-hybridized carbons (Fsp3) is 0.355. The summed E-state index contributed by atoms with van der Waals surface area (Å²) in [5, 5.41) is 11.5. The minimum Gasteiger partial charge on any atom is -0.446 e. The quantitative estimate of drug-likeness (QED) is 0.240. The minimum atomic E-state index is -0.956. The molecule has 4 aromatic rings. The number of amides is 4. The van der Waals surface area contributed by atoms with Gasteiger partial charge in [-0.15, -0.1) is 0 Å². The van der Waals surface area contributed by atoms with Crippen LogP contribution in [0.25, 0.3) is 11.0 Å². The van der Waals surface area contributed by atoms with Crippen molar-refractivity contribution in [2.24, 2.45) is 5.92 Å². The number of rotatable bonds is 5. The summed E-state index contributed by atoms with van der Waals surface area (Å²) in [6.07, 6.45) is 4.41. The van der Waals surface area contributed by atoms with Crippen LogP contribution in [0.15, 0.2) is 65.5 Å². The van der Waals surface area contributed by atoms with E-state index in [2.05, 4.69) is 36.2 Å². The first-order valence-corrected chi connectivity index (χ1v) is 14.4. The van der Waals surface area contributed by atoms with Crippen LogP contribution in [0.1, 0.15) is 71.5 Å². The van der Waals surface area contributed by atoms with Gasteiger partial charge in [-0.05, 0) is 48.9 Å². The van der Waals surface area contributed by atoms with Gasteiger partial charge in [-0.1, -0.05) is 44.2 Å². The van der Waals surface area contributed by atoms with Crippen LogP contribution in [0.3, 0.4) is 0 Å². The normalized spacial score (nSPS) is 20.3. The molecule has 43 heavy (non-hydrogen) atoms. The van der Waals surface area contributed by atoms with Crippen LogP contribution in [-0.4, -0.2) is 57.2 Å². The highest BCUT2D eigenvalue weighted by Crippen LogP contribution is 2.22. The van der Waals surface area contributed by atoms with Crippen LogP contribution < -0.4 is 21.3 Å². The molecule has 2 bridgehead atoms. The monoisotopic (exact) mass is 585 g/mol. The first-order valence-electron chi connectivity index (χ1n) is 14.4. The van der Waals surface area contributed by atoms with Gasteiger partial charge in [0.05, 0.1) is 17.4 Å². The summed E-state index contributed by atoms with van der Waals surface area (Å²) in [4.78, 5) is 64.9. The Balaban J connectivity index is 1.42. The van der Waals surface area contributed by atoms with Crippen molar-refractivity contribution in [1.29, 1.82) is 0 Å². The molecule has 3 heterocycles. The molecule has 5 N–H and O–H groups in total. The smallest absolute Gasteiger partial charge is 0.273 e. The molecule has 3 atom stereocenters. The van der Waals surface area contributed by atoms with Crippen molar-refractivity contribution in [3.05, 3.63) is 83.8 Å². The average molecular weight is 586 g/mol. The number of oxazole rings is 1. The van der Waals surface area contributed by atoms with E-state index < -0.39 is 41.8 Å². The van der Waals surface area contributed by atoms with E-state index in [0.717, 1.165) is 11.1 Å². The second-order valence-electron chi connectivity index (χ2n) is 11.0. The Hall–Kier alpha value is -5.00. The molecule has 12 heteroatoms. The molecule has 0 spiro atoms. The van der Waals surface area contributed by atoms with Crippen molar-refractivity contribution in [3.63, 3.8) is 0 Å². The number of benzene rings is 2. The van der Waals surface area contributed by atoms with Gasteiger partial charge < -0.3 is 30.7 Å². The molecule has 224 valence electrons. The summed E-state index contributed by atoms with van der Waals surface area (Å²) < 4.78 is 5.60. The molecule has 2 aromatic heterocycles. The lowest BCUT2D eigenvalue weighted by atomic mass is 10.0. The molecule has 12 nitrogen and oxygen atoms in total. The van der Waals surface area contributed by atoms with Gasteiger partial charge in [0.1, 0.15) is 24.4 Å². The molecule has 0 saturated heterocycles. The van der Waals surface area contributed by atoms with Crippen molar-refractivity contribution < 1.29 is 23.6 Å². The lowest BCUT2D eigenvalue weighted by Gasteiger charge is -2.26. The van der Waals surface area contributed by atoms with Crippen molar-refractivity contribution in [3.8, 4) is 0 Å². The maximum atomic E-state index is 13.7. The Labute approximate surface area is 248 Å². The number of nitrogens with zero attached hydrogens (tertiary/aromatic N) is 2. The third kappa shape index (κ3) is 7.26. The van der Waals surface area contributed by atoms with E-state index in [0.29, 0.717) is 36.9 Å². The summed E-state index contributed by atoms with van der Waals surface area (Å²) in [5.41, 5.74) is 2.75. The van der Waals surface area contributed by atoms with Crippen LogP contribution in [0.4, 0.5) is 0 Å². The van der Waals surface area contributed by atoms with Crippen molar-refractivity contribution in [2.75, 3.05) is 6.54 Å². The van der Waals surface area contributed by atoms with Gasteiger partial charge in [0, 0.05) is 18.5 Å². The van der Waals surface area contributed by atoms with E-state index in [4.69, 9.17) is 4.42 Å². The largest absolute Gasteiger partial charge is 0.446 e. The molecule has 0 saturated carbocycles. The lowest BCUT2D eigenvalue weighted by molar-refractivity contribution is -0.130. The zero-order valence-corrected chi connectivity index (χ0v) is 24.1. The second-order valence-corrected chi connectivity index (χ2v) is 11.0. The molecule has 0 unspecified atom stereocenters. The summed E-state index contributed by atoms with van der Waals surface area (Å²) in [6.45, 7) is 4.13. The summed E-state index contributed by atoms with van der Waals surface area (Å²) >= 11 is 0. The number of imidazole rings is 1. The van der Waals surface area contributed by atoms with E-state index in [1.165, 1.54) is 6.26 Å². The van der Waals surface area contributed by atoms with Crippen LogP contribution >= 0.6 is 0 Å². The van der Waals surface area contributed by atoms with Gasteiger partial charge in [0.15, 0.2) is 5.69 Å². The molecule has 2 aromatic carbocycles. The van der Waals surface area contributed by atoms with Gasteiger partial charge >= 0.3 is 0 Å². The highest BCUT2D eigenvalue weighted by atomic mass is 16.3. The Morgan fingerprint density at radius 3 is 2.65 bits per heavy atom. The van der Waals surface area contributed by atoms with Crippen LogP contribution in [0.5, 0.6) is 0 Å². The third-order valence-electron chi connectivity index (χ3n) is 7.41. The molecular weight excluding hydrogens is 550 g/mol. The zero-order valence-electron chi connectivity index (χ0n) is 24.1. The molecule has 0 aliphatic carbocycles. The Bertz CT molecular complexity index is 1600. The number of hydrogen-bond acceptors (Lipinski definition) is 7. The van der Waals surface area contributed by atoms with Crippen LogP contribution in [0.2, 0.25) is 0 Å². The maximum absolute atomic E-state index is 13.7. The number of aromatic amines is 1. The summed E-state index contributed by atoms with van der Waals surface area (Å²) in [6, 6.07) is 11.9. The van der Waals surface area contributed by atoms with Gasteiger partial charge in [-0.3, -0.25) is 19.2 Å². The van der Waals surface area contributed by atoms with E-state index in [-0.39, 0.29) is 23.9 Å². The number of nitrogens with one attached hydrogen (secondary N) is 5. The van der Waals surface area contributed by atoms with Crippen LogP contribution in [-0.2, 0) is 16.0 Å². The maximum Gasteiger partial charge on any atom is 0.273 e. The van der Waals surface area contributed by atoms with Gasteiger partial charge in [-0.25, -0.2) is 9.97 Å². The number of fused-ring (bicyclic) bond motifs is 3. The van der Waals surface area contributed by atoms with E-state index in [9.17, 15) is 19.2 Å². The molecule has 0 radical (unpaired) electrons.